The fraction of sp³-hybridized carbons (Fsp3) is 0.435. The van der Waals surface area contributed by atoms with Crippen molar-refractivity contribution in [1.82, 2.24) is 4.90 Å². The predicted octanol–water partition coefficient (Wildman–Crippen LogP) is 4.04. The van der Waals surface area contributed by atoms with Crippen LogP contribution in [0, 0.1) is 27.7 Å². The quantitative estimate of drug-likeness (QED) is 0.819. The van der Waals surface area contributed by atoms with E-state index in [4.69, 9.17) is 4.74 Å². The zero-order valence-corrected chi connectivity index (χ0v) is 17.1. The first-order chi connectivity index (χ1) is 12.9. The number of carbonyl (C=O) groups excluding carboxylic acids is 1. The molecule has 1 aliphatic rings. The van der Waals surface area contributed by atoms with E-state index in [1.807, 2.05) is 37.8 Å². The topological polar surface area (TPSA) is 32.8 Å². The number of nitrogens with zero attached hydrogens (tertiary/aromatic N) is 2. The summed E-state index contributed by atoms with van der Waals surface area (Å²) in [4.78, 5) is 17.2. The largest absolute Gasteiger partial charge is 0.481 e. The molecule has 4 nitrogen and oxygen atoms in total. The lowest BCUT2D eigenvalue weighted by atomic mass is 10.1. The van der Waals surface area contributed by atoms with Gasteiger partial charge in [-0.2, -0.15) is 0 Å². The molecule has 1 saturated heterocycles. The lowest BCUT2D eigenvalue weighted by Crippen LogP contribution is -2.52. The standard InChI is InChI=1S/C23H30N2O2/c1-16-9-10-18(3)22(15-16)27-20(5)23(26)25-13-11-24(12-14-25)21-8-6-7-17(2)19(21)4/h6-10,15,20H,11-14H2,1-5H3. The third-order valence-corrected chi connectivity index (χ3v) is 5.50. The average molecular weight is 367 g/mol. The predicted molar refractivity (Wildman–Crippen MR) is 111 cm³/mol. The molecule has 1 amide bonds. The van der Waals surface area contributed by atoms with E-state index in [-0.39, 0.29) is 5.91 Å². The summed E-state index contributed by atoms with van der Waals surface area (Å²) in [5.41, 5.74) is 6.10. The van der Waals surface area contributed by atoms with Crippen molar-refractivity contribution < 1.29 is 9.53 Å². The van der Waals surface area contributed by atoms with Gasteiger partial charge in [-0.05, 0) is 69.0 Å². The molecule has 3 rings (SSSR count). The molecule has 2 aromatic rings. The van der Waals surface area contributed by atoms with Crippen molar-refractivity contribution >= 4 is 11.6 Å². The average Bonchev–Trinajstić information content (AvgIpc) is 2.66. The van der Waals surface area contributed by atoms with E-state index >= 15 is 0 Å². The van der Waals surface area contributed by atoms with Crippen LogP contribution in [0.2, 0.25) is 0 Å². The van der Waals surface area contributed by atoms with E-state index in [2.05, 4.69) is 43.0 Å². The van der Waals surface area contributed by atoms with E-state index in [9.17, 15) is 4.79 Å². The van der Waals surface area contributed by atoms with Crippen molar-refractivity contribution in [2.45, 2.75) is 40.7 Å². The summed E-state index contributed by atoms with van der Waals surface area (Å²) in [5, 5.41) is 0. The first-order valence-electron chi connectivity index (χ1n) is 9.70. The Labute approximate surface area is 162 Å². The lowest BCUT2D eigenvalue weighted by Gasteiger charge is -2.38. The minimum Gasteiger partial charge on any atom is -0.481 e. The lowest BCUT2D eigenvalue weighted by molar-refractivity contribution is -0.138. The van der Waals surface area contributed by atoms with Crippen molar-refractivity contribution in [3.05, 3.63) is 58.7 Å². The summed E-state index contributed by atoms with van der Waals surface area (Å²) in [6.07, 6.45) is -0.474. The van der Waals surface area contributed by atoms with Crippen LogP contribution in [0.15, 0.2) is 36.4 Å². The molecule has 2 aromatic carbocycles. The van der Waals surface area contributed by atoms with Gasteiger partial charge in [0.15, 0.2) is 6.10 Å². The van der Waals surface area contributed by atoms with Gasteiger partial charge in [-0.3, -0.25) is 4.79 Å². The first-order valence-corrected chi connectivity index (χ1v) is 9.70. The van der Waals surface area contributed by atoms with Crippen molar-refractivity contribution in [3.8, 4) is 5.75 Å². The summed E-state index contributed by atoms with van der Waals surface area (Å²) in [6.45, 7) is 13.4. The van der Waals surface area contributed by atoms with E-state index < -0.39 is 6.10 Å². The molecule has 0 saturated carbocycles. The Hall–Kier alpha value is -2.49. The van der Waals surface area contributed by atoms with Gasteiger partial charge in [0.1, 0.15) is 5.75 Å². The summed E-state index contributed by atoms with van der Waals surface area (Å²) in [5.74, 6) is 0.862. The Morgan fingerprint density at radius 2 is 1.67 bits per heavy atom. The minimum atomic E-state index is -0.474. The van der Waals surface area contributed by atoms with Crippen molar-refractivity contribution in [2.75, 3.05) is 31.1 Å². The molecule has 1 atom stereocenters. The number of anilines is 1. The molecule has 0 bridgehead atoms. The second-order valence-corrected chi connectivity index (χ2v) is 7.56. The molecule has 0 aliphatic carbocycles. The van der Waals surface area contributed by atoms with Gasteiger partial charge in [0.05, 0.1) is 0 Å². The monoisotopic (exact) mass is 366 g/mol. The summed E-state index contributed by atoms with van der Waals surface area (Å²) in [6, 6.07) is 12.5. The number of hydrogen-bond donors (Lipinski definition) is 0. The van der Waals surface area contributed by atoms with Crippen LogP contribution in [0.25, 0.3) is 0 Å². The third kappa shape index (κ3) is 4.26. The van der Waals surface area contributed by atoms with Crippen LogP contribution < -0.4 is 9.64 Å². The van der Waals surface area contributed by atoms with Gasteiger partial charge in [0.25, 0.3) is 5.91 Å². The molecule has 0 spiro atoms. The molecule has 0 radical (unpaired) electrons. The highest BCUT2D eigenvalue weighted by molar-refractivity contribution is 5.81. The van der Waals surface area contributed by atoms with Crippen LogP contribution in [-0.2, 0) is 4.79 Å². The van der Waals surface area contributed by atoms with Crippen LogP contribution in [0.5, 0.6) is 5.75 Å². The molecule has 1 aliphatic heterocycles. The number of benzene rings is 2. The number of aryl methyl sites for hydroxylation is 3. The summed E-state index contributed by atoms with van der Waals surface area (Å²) in [7, 11) is 0. The van der Waals surface area contributed by atoms with Gasteiger partial charge < -0.3 is 14.5 Å². The highest BCUT2D eigenvalue weighted by Crippen LogP contribution is 2.25. The van der Waals surface area contributed by atoms with E-state index in [1.54, 1.807) is 0 Å². The third-order valence-electron chi connectivity index (χ3n) is 5.50. The molecule has 0 N–H and O–H groups in total. The maximum absolute atomic E-state index is 12.8. The van der Waals surface area contributed by atoms with Gasteiger partial charge in [0, 0.05) is 31.9 Å². The highest BCUT2D eigenvalue weighted by Gasteiger charge is 2.27. The van der Waals surface area contributed by atoms with E-state index in [0.717, 1.165) is 43.1 Å². The fourth-order valence-electron chi connectivity index (χ4n) is 3.58. The van der Waals surface area contributed by atoms with E-state index in [1.165, 1.54) is 16.8 Å². The van der Waals surface area contributed by atoms with Gasteiger partial charge in [-0.15, -0.1) is 0 Å². The summed E-state index contributed by atoms with van der Waals surface area (Å²) >= 11 is 0. The Bertz CT molecular complexity index is 823. The number of ether oxygens (including phenoxy) is 1. The van der Waals surface area contributed by atoms with Crippen LogP contribution in [0.4, 0.5) is 5.69 Å². The number of amides is 1. The smallest absolute Gasteiger partial charge is 0.263 e. The van der Waals surface area contributed by atoms with Crippen LogP contribution in [-0.4, -0.2) is 43.1 Å². The van der Waals surface area contributed by atoms with E-state index in [0.29, 0.717) is 0 Å². The second kappa shape index (κ2) is 8.03. The van der Waals surface area contributed by atoms with Crippen LogP contribution in [0.3, 0.4) is 0 Å². The van der Waals surface area contributed by atoms with Crippen LogP contribution in [0.1, 0.15) is 29.2 Å². The minimum absolute atomic E-state index is 0.0662. The maximum Gasteiger partial charge on any atom is 0.263 e. The molecule has 1 unspecified atom stereocenters. The van der Waals surface area contributed by atoms with Gasteiger partial charge in [0.2, 0.25) is 0 Å². The normalized spacial score (nSPS) is 15.6. The van der Waals surface area contributed by atoms with Gasteiger partial charge in [-0.1, -0.05) is 24.3 Å². The van der Waals surface area contributed by atoms with Crippen molar-refractivity contribution in [3.63, 3.8) is 0 Å². The Morgan fingerprint density at radius 1 is 0.963 bits per heavy atom. The molecule has 27 heavy (non-hydrogen) atoms. The molecule has 1 fully saturated rings. The fourth-order valence-corrected chi connectivity index (χ4v) is 3.58. The molecule has 144 valence electrons. The number of hydrogen-bond acceptors (Lipinski definition) is 3. The number of rotatable bonds is 4. The maximum atomic E-state index is 12.8. The SMILES string of the molecule is Cc1ccc(C)c(OC(C)C(=O)N2CCN(c3cccc(C)c3C)CC2)c1. The number of piperazine rings is 1. The molecule has 4 heteroatoms. The highest BCUT2D eigenvalue weighted by atomic mass is 16.5. The van der Waals surface area contributed by atoms with Crippen LogP contribution >= 0.6 is 0 Å². The molecular weight excluding hydrogens is 336 g/mol. The molecule has 0 aromatic heterocycles. The zero-order valence-electron chi connectivity index (χ0n) is 17.1. The molecular formula is C23H30N2O2. The van der Waals surface area contributed by atoms with Crippen molar-refractivity contribution in [1.29, 1.82) is 0 Å². The second-order valence-electron chi connectivity index (χ2n) is 7.56. The summed E-state index contributed by atoms with van der Waals surface area (Å²) < 4.78 is 5.98. The van der Waals surface area contributed by atoms with Gasteiger partial charge in [-0.25, -0.2) is 0 Å². The Balaban J connectivity index is 1.61. The first kappa shape index (κ1) is 19.3. The Morgan fingerprint density at radius 3 is 2.37 bits per heavy atom. The van der Waals surface area contributed by atoms with Gasteiger partial charge >= 0.3 is 0 Å². The van der Waals surface area contributed by atoms with Crippen molar-refractivity contribution in [2.24, 2.45) is 0 Å². The Kier molecular flexibility index (Phi) is 5.73. The zero-order chi connectivity index (χ0) is 19.6. The number of carbonyl (C=O) groups is 1. The molecule has 1 heterocycles.